The highest BCUT2D eigenvalue weighted by atomic mass is 79.9. The molecule has 2 aromatic rings. The van der Waals surface area contributed by atoms with Gasteiger partial charge in [0.2, 0.25) is 0 Å². The van der Waals surface area contributed by atoms with Crippen molar-refractivity contribution in [3.8, 4) is 11.3 Å². The Balaban J connectivity index is 2.49. The van der Waals surface area contributed by atoms with E-state index in [2.05, 4.69) is 27.5 Å². The predicted octanol–water partition coefficient (Wildman–Crippen LogP) is 3.08. The van der Waals surface area contributed by atoms with Crippen LogP contribution in [0.1, 0.15) is 0 Å². The van der Waals surface area contributed by atoms with Gasteiger partial charge in [-0.15, -0.1) is 6.58 Å². The van der Waals surface area contributed by atoms with Crippen LogP contribution in [0, 0.1) is 0 Å². The number of nitrogen functional groups attached to an aromatic ring is 1. The molecule has 0 atom stereocenters. The number of nitrogens with two attached hydrogens (primary N) is 1. The first-order valence-electron chi connectivity index (χ1n) is 4.90. The molecule has 0 radical (unpaired) electrons. The Morgan fingerprint density at radius 1 is 1.44 bits per heavy atom. The van der Waals surface area contributed by atoms with Crippen LogP contribution in [0.25, 0.3) is 11.3 Å². The van der Waals surface area contributed by atoms with Gasteiger partial charge in [0.05, 0.1) is 6.33 Å². The second-order valence-corrected chi connectivity index (χ2v) is 4.25. The number of rotatable bonds is 3. The van der Waals surface area contributed by atoms with Gasteiger partial charge in [-0.2, -0.15) is 0 Å². The van der Waals surface area contributed by atoms with E-state index in [1.165, 1.54) is 0 Å². The summed E-state index contributed by atoms with van der Waals surface area (Å²) in [5.74, 6) is 0.659. The molecule has 1 heterocycles. The third-order valence-corrected chi connectivity index (χ3v) is 3.02. The fourth-order valence-electron chi connectivity index (χ4n) is 1.54. The highest BCUT2D eigenvalue weighted by molar-refractivity contribution is 9.10. The average molecular weight is 278 g/mol. The summed E-state index contributed by atoms with van der Waals surface area (Å²) in [4.78, 5) is 4.33. The maximum absolute atomic E-state index is 6.02. The fourth-order valence-corrected chi connectivity index (χ4v) is 2.01. The molecule has 3 nitrogen and oxygen atoms in total. The molecule has 0 saturated carbocycles. The van der Waals surface area contributed by atoms with Crippen LogP contribution in [-0.4, -0.2) is 9.55 Å². The molecule has 0 spiro atoms. The highest BCUT2D eigenvalue weighted by Gasteiger charge is 2.11. The van der Waals surface area contributed by atoms with Crippen LogP contribution in [0.15, 0.2) is 47.7 Å². The lowest BCUT2D eigenvalue weighted by Crippen LogP contribution is -2.00. The second-order valence-electron chi connectivity index (χ2n) is 3.40. The zero-order valence-corrected chi connectivity index (χ0v) is 10.3. The first-order chi connectivity index (χ1) is 7.74. The zero-order chi connectivity index (χ0) is 11.5. The third-order valence-electron chi connectivity index (χ3n) is 2.33. The van der Waals surface area contributed by atoms with Gasteiger partial charge in [-0.05, 0) is 6.07 Å². The van der Waals surface area contributed by atoms with E-state index in [0.717, 1.165) is 15.7 Å². The summed E-state index contributed by atoms with van der Waals surface area (Å²) in [7, 11) is 0. The number of halogens is 1. The number of hydrogen-bond acceptors (Lipinski definition) is 2. The minimum atomic E-state index is 0.659. The Kier molecular flexibility index (Phi) is 3.10. The van der Waals surface area contributed by atoms with Gasteiger partial charge in [0, 0.05) is 16.6 Å². The largest absolute Gasteiger partial charge is 0.383 e. The molecule has 0 saturated heterocycles. The van der Waals surface area contributed by atoms with Crippen LogP contribution in [0.5, 0.6) is 0 Å². The van der Waals surface area contributed by atoms with Crippen molar-refractivity contribution in [2.45, 2.75) is 6.54 Å². The van der Waals surface area contributed by atoms with E-state index in [1.807, 2.05) is 28.8 Å². The molecule has 0 amide bonds. The quantitative estimate of drug-likeness (QED) is 0.877. The van der Waals surface area contributed by atoms with Crippen molar-refractivity contribution in [2.24, 2.45) is 0 Å². The topological polar surface area (TPSA) is 43.8 Å². The molecule has 4 heteroatoms. The molecule has 0 bridgehead atoms. The van der Waals surface area contributed by atoms with E-state index in [1.54, 1.807) is 12.4 Å². The van der Waals surface area contributed by atoms with Crippen molar-refractivity contribution >= 4 is 21.7 Å². The van der Waals surface area contributed by atoms with Gasteiger partial charge < -0.3 is 10.3 Å². The number of aromatic nitrogens is 2. The zero-order valence-electron chi connectivity index (χ0n) is 8.73. The summed E-state index contributed by atoms with van der Waals surface area (Å²) in [6, 6.07) is 7.89. The average Bonchev–Trinajstić information content (AvgIpc) is 2.62. The van der Waals surface area contributed by atoms with Crippen LogP contribution in [-0.2, 0) is 6.54 Å². The number of allylic oxidation sites excluding steroid dienone is 1. The van der Waals surface area contributed by atoms with Gasteiger partial charge in [-0.1, -0.05) is 40.2 Å². The first kappa shape index (κ1) is 11.0. The van der Waals surface area contributed by atoms with Crippen molar-refractivity contribution in [3.05, 3.63) is 47.7 Å². The Labute approximate surface area is 103 Å². The van der Waals surface area contributed by atoms with Gasteiger partial charge in [0.1, 0.15) is 11.5 Å². The molecule has 1 aromatic carbocycles. The molecule has 0 unspecified atom stereocenters. The second kappa shape index (κ2) is 4.53. The lowest BCUT2D eigenvalue weighted by Gasteiger charge is -2.04. The van der Waals surface area contributed by atoms with Crippen molar-refractivity contribution in [1.29, 1.82) is 0 Å². The molecular formula is C12H12BrN3. The van der Waals surface area contributed by atoms with Gasteiger partial charge in [-0.3, -0.25) is 0 Å². The number of nitrogens with zero attached hydrogens (tertiary/aromatic N) is 2. The Morgan fingerprint density at radius 2 is 2.19 bits per heavy atom. The van der Waals surface area contributed by atoms with E-state index < -0.39 is 0 Å². The summed E-state index contributed by atoms with van der Waals surface area (Å²) in [5, 5.41) is 0. The molecule has 16 heavy (non-hydrogen) atoms. The van der Waals surface area contributed by atoms with Crippen LogP contribution in [0.2, 0.25) is 0 Å². The summed E-state index contributed by atoms with van der Waals surface area (Å²) >= 11 is 3.49. The Bertz CT molecular complexity index is 517. The van der Waals surface area contributed by atoms with Gasteiger partial charge in [0.25, 0.3) is 0 Å². The first-order valence-corrected chi connectivity index (χ1v) is 5.69. The molecule has 82 valence electrons. The lowest BCUT2D eigenvalue weighted by atomic mass is 10.1. The molecule has 0 fully saturated rings. The number of anilines is 1. The summed E-state index contributed by atoms with van der Waals surface area (Å²) in [6.07, 6.45) is 3.52. The predicted molar refractivity (Wildman–Crippen MR) is 70.0 cm³/mol. The normalized spacial score (nSPS) is 10.3. The van der Waals surface area contributed by atoms with Crippen LogP contribution < -0.4 is 5.73 Å². The Hall–Kier alpha value is -1.55. The number of benzene rings is 1. The van der Waals surface area contributed by atoms with E-state index in [-0.39, 0.29) is 0 Å². The number of hydrogen-bond donors (Lipinski definition) is 1. The molecular weight excluding hydrogens is 266 g/mol. The van der Waals surface area contributed by atoms with Crippen molar-refractivity contribution in [1.82, 2.24) is 9.55 Å². The SMILES string of the molecule is C=CCn1cnc(-c2ccccc2Br)c1N. The van der Waals surface area contributed by atoms with Crippen molar-refractivity contribution in [2.75, 3.05) is 5.73 Å². The van der Waals surface area contributed by atoms with E-state index in [0.29, 0.717) is 12.4 Å². The van der Waals surface area contributed by atoms with Gasteiger partial charge in [0.15, 0.2) is 0 Å². The van der Waals surface area contributed by atoms with Gasteiger partial charge in [-0.25, -0.2) is 4.98 Å². The molecule has 2 N–H and O–H groups in total. The van der Waals surface area contributed by atoms with Crippen LogP contribution in [0.4, 0.5) is 5.82 Å². The monoisotopic (exact) mass is 277 g/mol. The van der Waals surface area contributed by atoms with E-state index in [4.69, 9.17) is 5.73 Å². The summed E-state index contributed by atoms with van der Waals surface area (Å²) in [6.45, 7) is 4.35. The van der Waals surface area contributed by atoms with Gasteiger partial charge >= 0.3 is 0 Å². The molecule has 0 aliphatic rings. The Morgan fingerprint density at radius 3 is 2.88 bits per heavy atom. The fraction of sp³-hybridized carbons (Fsp3) is 0.0833. The number of imidazole rings is 1. The summed E-state index contributed by atoms with van der Waals surface area (Å²) in [5.41, 5.74) is 7.83. The molecule has 0 aliphatic heterocycles. The smallest absolute Gasteiger partial charge is 0.131 e. The lowest BCUT2D eigenvalue weighted by molar-refractivity contribution is 0.833. The van der Waals surface area contributed by atoms with E-state index in [9.17, 15) is 0 Å². The molecule has 2 rings (SSSR count). The van der Waals surface area contributed by atoms with Crippen LogP contribution >= 0.6 is 15.9 Å². The molecule has 1 aromatic heterocycles. The third kappa shape index (κ3) is 1.88. The van der Waals surface area contributed by atoms with Crippen molar-refractivity contribution in [3.63, 3.8) is 0 Å². The minimum absolute atomic E-state index is 0.659. The van der Waals surface area contributed by atoms with Crippen LogP contribution in [0.3, 0.4) is 0 Å². The summed E-state index contributed by atoms with van der Waals surface area (Å²) < 4.78 is 2.85. The maximum atomic E-state index is 6.02. The standard InChI is InChI=1S/C12H12BrN3/c1-2-7-16-8-15-11(12(16)14)9-5-3-4-6-10(9)13/h2-6,8H,1,7,14H2. The maximum Gasteiger partial charge on any atom is 0.131 e. The highest BCUT2D eigenvalue weighted by Crippen LogP contribution is 2.30. The molecule has 0 aliphatic carbocycles. The van der Waals surface area contributed by atoms with Crippen molar-refractivity contribution < 1.29 is 0 Å². The minimum Gasteiger partial charge on any atom is -0.383 e. The van der Waals surface area contributed by atoms with E-state index >= 15 is 0 Å².